The van der Waals surface area contributed by atoms with Gasteiger partial charge in [-0.2, -0.15) is 0 Å². The molecule has 7 heteroatoms. The van der Waals surface area contributed by atoms with E-state index in [0.29, 0.717) is 24.6 Å². The number of hydrogen-bond acceptors (Lipinski definition) is 3. The molecule has 0 aliphatic heterocycles. The van der Waals surface area contributed by atoms with Gasteiger partial charge >= 0.3 is 0 Å². The molecule has 124 valence electrons. The highest BCUT2D eigenvalue weighted by molar-refractivity contribution is 7.11. The molecule has 0 amide bonds. The van der Waals surface area contributed by atoms with Gasteiger partial charge < -0.3 is 10.6 Å². The Bertz CT molecular complexity index is 684. The molecule has 2 aromatic rings. The highest BCUT2D eigenvalue weighted by atomic mass is 32.1. The van der Waals surface area contributed by atoms with Crippen molar-refractivity contribution in [2.24, 2.45) is 4.99 Å². The lowest BCUT2D eigenvalue weighted by Crippen LogP contribution is -2.38. The molecule has 0 fully saturated rings. The molecular weight excluding hydrogens is 318 g/mol. The molecule has 2 rings (SSSR count). The van der Waals surface area contributed by atoms with Gasteiger partial charge in [-0.15, -0.1) is 11.3 Å². The number of hydrogen-bond donors (Lipinski definition) is 2. The predicted molar refractivity (Wildman–Crippen MR) is 89.8 cm³/mol. The molecule has 4 nitrogen and oxygen atoms in total. The standard InChI is InChI=1S/C16H20F2N4S/c1-10(13-5-4-12(17)6-14(13)18)7-21-16(19-3)22-9-15-20-8-11(2)23-15/h4-6,8,10H,7,9H2,1-3H3,(H2,19,21,22). The summed E-state index contributed by atoms with van der Waals surface area (Å²) in [5.74, 6) is -0.591. The lowest BCUT2D eigenvalue weighted by molar-refractivity contribution is 0.556. The molecular formula is C16H20F2N4S. The predicted octanol–water partition coefficient (Wildman–Crippen LogP) is 3.20. The molecule has 1 aromatic heterocycles. The van der Waals surface area contributed by atoms with Crippen LogP contribution in [-0.2, 0) is 6.54 Å². The van der Waals surface area contributed by atoms with Crippen LogP contribution in [0.5, 0.6) is 0 Å². The lowest BCUT2D eigenvalue weighted by atomic mass is 10.0. The molecule has 1 unspecified atom stereocenters. The first-order valence-corrected chi connectivity index (χ1v) is 8.12. The van der Waals surface area contributed by atoms with Crippen LogP contribution < -0.4 is 10.6 Å². The summed E-state index contributed by atoms with van der Waals surface area (Å²) in [7, 11) is 1.67. The summed E-state index contributed by atoms with van der Waals surface area (Å²) < 4.78 is 26.7. The van der Waals surface area contributed by atoms with Crippen LogP contribution in [0.3, 0.4) is 0 Å². The van der Waals surface area contributed by atoms with Crippen molar-refractivity contribution in [3.8, 4) is 0 Å². The summed E-state index contributed by atoms with van der Waals surface area (Å²) in [6, 6.07) is 3.65. The number of aryl methyl sites for hydroxylation is 1. The topological polar surface area (TPSA) is 49.3 Å². The van der Waals surface area contributed by atoms with Crippen molar-refractivity contribution in [2.75, 3.05) is 13.6 Å². The van der Waals surface area contributed by atoms with Crippen LogP contribution in [0.2, 0.25) is 0 Å². The van der Waals surface area contributed by atoms with Gasteiger partial charge in [-0.05, 0) is 18.6 Å². The third-order valence-electron chi connectivity index (χ3n) is 3.37. The molecule has 0 saturated carbocycles. The third kappa shape index (κ3) is 4.99. The molecule has 0 saturated heterocycles. The summed E-state index contributed by atoms with van der Waals surface area (Å²) in [5.41, 5.74) is 0.477. The van der Waals surface area contributed by atoms with Crippen LogP contribution >= 0.6 is 11.3 Å². The second-order valence-corrected chi connectivity index (χ2v) is 6.56. The second-order valence-electron chi connectivity index (χ2n) is 5.24. The second kappa shape index (κ2) is 8.01. The van der Waals surface area contributed by atoms with Crippen molar-refractivity contribution in [1.82, 2.24) is 15.6 Å². The van der Waals surface area contributed by atoms with Crippen LogP contribution in [0.1, 0.15) is 28.3 Å². The maximum absolute atomic E-state index is 13.8. The summed E-state index contributed by atoms with van der Waals surface area (Å²) in [4.78, 5) is 9.56. The van der Waals surface area contributed by atoms with Crippen LogP contribution in [0.15, 0.2) is 29.4 Å². The van der Waals surface area contributed by atoms with E-state index in [1.807, 2.05) is 20.0 Å². The number of rotatable bonds is 5. The van der Waals surface area contributed by atoms with Gasteiger partial charge in [0.1, 0.15) is 16.6 Å². The maximum atomic E-state index is 13.8. The smallest absolute Gasteiger partial charge is 0.191 e. The van der Waals surface area contributed by atoms with Crippen molar-refractivity contribution in [2.45, 2.75) is 26.3 Å². The minimum atomic E-state index is -0.567. The summed E-state index contributed by atoms with van der Waals surface area (Å²) in [5, 5.41) is 7.28. The van der Waals surface area contributed by atoms with Gasteiger partial charge in [-0.25, -0.2) is 13.8 Å². The number of thiazole rings is 1. The zero-order valence-corrected chi connectivity index (χ0v) is 14.2. The minimum absolute atomic E-state index is 0.115. The first-order valence-electron chi connectivity index (χ1n) is 7.30. The van der Waals surface area contributed by atoms with Crippen molar-refractivity contribution >= 4 is 17.3 Å². The number of aromatic nitrogens is 1. The molecule has 1 heterocycles. The Morgan fingerprint density at radius 2 is 2.13 bits per heavy atom. The Labute approximate surface area is 138 Å². The highest BCUT2D eigenvalue weighted by Crippen LogP contribution is 2.19. The fourth-order valence-corrected chi connectivity index (χ4v) is 2.85. The average molecular weight is 338 g/mol. The van der Waals surface area contributed by atoms with E-state index in [-0.39, 0.29) is 5.92 Å². The van der Waals surface area contributed by atoms with E-state index in [9.17, 15) is 8.78 Å². The first-order chi connectivity index (χ1) is 11.0. The number of benzene rings is 1. The maximum Gasteiger partial charge on any atom is 0.191 e. The Kier molecular flexibility index (Phi) is 6.04. The fourth-order valence-electron chi connectivity index (χ4n) is 2.12. The summed E-state index contributed by atoms with van der Waals surface area (Å²) in [6.07, 6.45) is 1.83. The van der Waals surface area contributed by atoms with Gasteiger partial charge in [0, 0.05) is 36.7 Å². The van der Waals surface area contributed by atoms with E-state index in [1.54, 1.807) is 18.4 Å². The third-order valence-corrected chi connectivity index (χ3v) is 4.28. The molecule has 1 aromatic carbocycles. The number of halogens is 2. The SMILES string of the molecule is CN=C(NCc1ncc(C)s1)NCC(C)c1ccc(F)cc1F. The minimum Gasteiger partial charge on any atom is -0.356 e. The van der Waals surface area contributed by atoms with Gasteiger partial charge in [0.15, 0.2) is 5.96 Å². The summed E-state index contributed by atoms with van der Waals surface area (Å²) >= 11 is 1.62. The Morgan fingerprint density at radius 3 is 2.74 bits per heavy atom. The van der Waals surface area contributed by atoms with E-state index >= 15 is 0 Å². The zero-order valence-electron chi connectivity index (χ0n) is 13.4. The van der Waals surface area contributed by atoms with Crippen molar-refractivity contribution in [3.63, 3.8) is 0 Å². The molecule has 0 aliphatic rings. The molecule has 23 heavy (non-hydrogen) atoms. The Balaban J connectivity index is 1.87. The molecule has 0 bridgehead atoms. The van der Waals surface area contributed by atoms with E-state index in [1.165, 1.54) is 12.1 Å². The van der Waals surface area contributed by atoms with Gasteiger partial charge in [0.2, 0.25) is 0 Å². The number of nitrogens with one attached hydrogen (secondary N) is 2. The number of nitrogens with zero attached hydrogens (tertiary/aromatic N) is 2. The monoisotopic (exact) mass is 338 g/mol. The van der Waals surface area contributed by atoms with Crippen LogP contribution in [0, 0.1) is 18.6 Å². The Hall–Kier alpha value is -2.02. The van der Waals surface area contributed by atoms with Crippen molar-refractivity contribution < 1.29 is 8.78 Å². The lowest BCUT2D eigenvalue weighted by Gasteiger charge is -2.16. The van der Waals surface area contributed by atoms with Gasteiger partial charge in [-0.3, -0.25) is 4.99 Å². The van der Waals surface area contributed by atoms with E-state index in [0.717, 1.165) is 16.0 Å². The average Bonchev–Trinajstić information content (AvgIpc) is 2.92. The van der Waals surface area contributed by atoms with Crippen LogP contribution in [-0.4, -0.2) is 24.5 Å². The fraction of sp³-hybridized carbons (Fsp3) is 0.375. The highest BCUT2D eigenvalue weighted by Gasteiger charge is 2.12. The number of aliphatic imine (C=N–C) groups is 1. The molecule has 0 aliphatic carbocycles. The van der Waals surface area contributed by atoms with Crippen LogP contribution in [0.25, 0.3) is 0 Å². The normalized spacial score (nSPS) is 13.0. The van der Waals surface area contributed by atoms with E-state index < -0.39 is 11.6 Å². The number of guanidine groups is 1. The van der Waals surface area contributed by atoms with E-state index in [4.69, 9.17) is 0 Å². The van der Waals surface area contributed by atoms with Gasteiger partial charge in [-0.1, -0.05) is 13.0 Å². The van der Waals surface area contributed by atoms with Crippen LogP contribution in [0.4, 0.5) is 8.78 Å². The van der Waals surface area contributed by atoms with Gasteiger partial charge in [0.05, 0.1) is 6.54 Å². The zero-order chi connectivity index (χ0) is 16.8. The Morgan fingerprint density at radius 1 is 1.35 bits per heavy atom. The van der Waals surface area contributed by atoms with Crippen molar-refractivity contribution in [1.29, 1.82) is 0 Å². The van der Waals surface area contributed by atoms with E-state index in [2.05, 4.69) is 20.6 Å². The molecule has 1 atom stereocenters. The molecule has 2 N–H and O–H groups in total. The molecule has 0 radical (unpaired) electrons. The molecule has 0 spiro atoms. The van der Waals surface area contributed by atoms with Gasteiger partial charge in [0.25, 0.3) is 0 Å². The van der Waals surface area contributed by atoms with Crippen molar-refractivity contribution in [3.05, 3.63) is 51.5 Å². The summed E-state index contributed by atoms with van der Waals surface area (Å²) in [6.45, 7) is 4.95. The quantitative estimate of drug-likeness (QED) is 0.650. The largest absolute Gasteiger partial charge is 0.356 e. The first kappa shape index (κ1) is 17.3.